The number of carboxylic acid groups (broad SMARTS) is 1. The van der Waals surface area contributed by atoms with Crippen LogP contribution in [0.25, 0.3) is 0 Å². The average molecular weight is 352 g/mol. The van der Waals surface area contributed by atoms with E-state index >= 15 is 0 Å². The van der Waals surface area contributed by atoms with Crippen LogP contribution in [0.15, 0.2) is 24.3 Å². The molecule has 0 aromatic carbocycles. The second-order valence-electron chi connectivity index (χ2n) is 7.19. The molecule has 142 valence electrons. The summed E-state index contributed by atoms with van der Waals surface area (Å²) in [4.78, 5) is 21.3. The average Bonchev–Trinajstić information content (AvgIpc) is 3.17. The molecule has 2 N–H and O–H groups in total. The first-order valence-corrected chi connectivity index (χ1v) is 9.67. The molecule has 2 bridgehead atoms. The maximum Gasteiger partial charge on any atom is 0.303 e. The maximum atomic E-state index is 10.5. The lowest BCUT2D eigenvalue weighted by atomic mass is 9.89. The van der Waals surface area contributed by atoms with Crippen LogP contribution in [0.4, 0.5) is 0 Å². The van der Waals surface area contributed by atoms with Gasteiger partial charge >= 0.3 is 5.97 Å². The van der Waals surface area contributed by atoms with Crippen molar-refractivity contribution in [3.63, 3.8) is 0 Å². The molecule has 2 rings (SSSR count). The van der Waals surface area contributed by atoms with Crippen LogP contribution in [0.2, 0.25) is 0 Å². The Morgan fingerprint density at radius 2 is 2.00 bits per heavy atom. The Morgan fingerprint density at radius 3 is 2.76 bits per heavy atom. The lowest BCUT2D eigenvalue weighted by Gasteiger charge is -2.27. The van der Waals surface area contributed by atoms with Gasteiger partial charge in [0.05, 0.1) is 12.2 Å². The molecule has 0 amide bonds. The Hall–Kier alpha value is -1.17. The van der Waals surface area contributed by atoms with E-state index in [-0.39, 0.29) is 30.7 Å². The van der Waals surface area contributed by atoms with Crippen molar-refractivity contribution in [2.45, 2.75) is 83.0 Å². The predicted molar refractivity (Wildman–Crippen MR) is 95.9 cm³/mol. The number of unbranched alkanes of at least 4 members (excludes halogenated alkanes) is 3. The van der Waals surface area contributed by atoms with Gasteiger partial charge in [-0.25, -0.2) is 9.78 Å². The molecule has 5 atom stereocenters. The van der Waals surface area contributed by atoms with Gasteiger partial charge in [0, 0.05) is 24.7 Å². The third-order valence-electron chi connectivity index (χ3n) is 5.16. The predicted octanol–water partition coefficient (Wildman–Crippen LogP) is 4.02. The fourth-order valence-electron chi connectivity index (χ4n) is 3.72. The van der Waals surface area contributed by atoms with Crippen molar-refractivity contribution in [1.29, 1.82) is 0 Å². The number of aliphatic hydroxyl groups is 1. The van der Waals surface area contributed by atoms with Crippen molar-refractivity contribution in [3.05, 3.63) is 24.3 Å². The van der Waals surface area contributed by atoms with E-state index < -0.39 is 5.97 Å². The molecule has 2 aliphatic rings. The topological polar surface area (TPSA) is 76.0 Å². The fraction of sp³-hybridized carbons (Fsp3) is 0.750. The number of allylic oxidation sites excluding steroid dienone is 2. The smallest absolute Gasteiger partial charge is 0.303 e. The normalized spacial score (nSPS) is 29.8. The van der Waals surface area contributed by atoms with Gasteiger partial charge in [0.1, 0.15) is 6.10 Å². The van der Waals surface area contributed by atoms with E-state index in [2.05, 4.69) is 25.2 Å². The van der Waals surface area contributed by atoms with Crippen LogP contribution < -0.4 is 0 Å². The zero-order chi connectivity index (χ0) is 18.1. The van der Waals surface area contributed by atoms with Crippen molar-refractivity contribution in [3.8, 4) is 0 Å². The largest absolute Gasteiger partial charge is 0.481 e. The van der Waals surface area contributed by atoms with Crippen molar-refractivity contribution in [1.82, 2.24) is 0 Å². The molecule has 5 nitrogen and oxygen atoms in total. The molecule has 0 aromatic rings. The summed E-state index contributed by atoms with van der Waals surface area (Å²) < 4.78 is 0. The number of carboxylic acids is 1. The van der Waals surface area contributed by atoms with Gasteiger partial charge in [0.15, 0.2) is 0 Å². The van der Waals surface area contributed by atoms with E-state index in [1.54, 1.807) is 0 Å². The summed E-state index contributed by atoms with van der Waals surface area (Å²) in [6.45, 7) is 2.16. The van der Waals surface area contributed by atoms with Gasteiger partial charge in [0.25, 0.3) is 0 Å². The Balaban J connectivity index is 1.78. The Bertz CT molecular complexity index is 459. The summed E-state index contributed by atoms with van der Waals surface area (Å²) in [5, 5.41) is 18.7. The minimum Gasteiger partial charge on any atom is -0.481 e. The van der Waals surface area contributed by atoms with Crippen molar-refractivity contribution in [2.24, 2.45) is 11.8 Å². The summed E-state index contributed by atoms with van der Waals surface area (Å²) in [6, 6.07) is 0. The van der Waals surface area contributed by atoms with E-state index in [4.69, 9.17) is 14.9 Å². The molecule has 1 saturated carbocycles. The highest BCUT2D eigenvalue weighted by molar-refractivity contribution is 5.66. The van der Waals surface area contributed by atoms with Crippen molar-refractivity contribution < 1.29 is 24.8 Å². The SMILES string of the molecule is CCCCC[C@H](O)/C=C/[C@@H]1[C@@H](CC=CCCCC(=O)O)[C@@H]2C[C@H]1OO2. The van der Waals surface area contributed by atoms with Crippen LogP contribution in [-0.2, 0) is 14.6 Å². The molecule has 1 aliphatic carbocycles. The van der Waals surface area contributed by atoms with E-state index in [1.165, 1.54) is 0 Å². The van der Waals surface area contributed by atoms with Crippen LogP contribution in [0.5, 0.6) is 0 Å². The zero-order valence-corrected chi connectivity index (χ0v) is 15.2. The van der Waals surface area contributed by atoms with Gasteiger partial charge in [-0.2, -0.15) is 0 Å². The summed E-state index contributed by atoms with van der Waals surface area (Å²) in [5.74, 6) is -0.0912. The molecule has 0 unspecified atom stereocenters. The molecule has 1 saturated heterocycles. The molecule has 2 fully saturated rings. The van der Waals surface area contributed by atoms with Gasteiger partial charge in [-0.15, -0.1) is 0 Å². The molecule has 0 aromatic heterocycles. The van der Waals surface area contributed by atoms with Gasteiger partial charge in [-0.1, -0.05) is 50.5 Å². The van der Waals surface area contributed by atoms with Crippen molar-refractivity contribution in [2.75, 3.05) is 0 Å². The third-order valence-corrected chi connectivity index (χ3v) is 5.16. The second kappa shape index (κ2) is 10.7. The zero-order valence-electron chi connectivity index (χ0n) is 15.2. The number of aliphatic carboxylic acids is 1. The van der Waals surface area contributed by atoms with E-state index in [0.29, 0.717) is 12.3 Å². The summed E-state index contributed by atoms with van der Waals surface area (Å²) in [6.07, 6.45) is 15.8. The fourth-order valence-corrected chi connectivity index (χ4v) is 3.72. The lowest BCUT2D eigenvalue weighted by Crippen LogP contribution is -2.28. The van der Waals surface area contributed by atoms with Gasteiger partial charge < -0.3 is 10.2 Å². The molecular weight excluding hydrogens is 320 g/mol. The number of hydrogen-bond donors (Lipinski definition) is 2. The van der Waals surface area contributed by atoms with Crippen molar-refractivity contribution >= 4 is 5.97 Å². The number of rotatable bonds is 12. The standard InChI is InChI=1S/C20H32O5/c1-2-3-6-9-15(21)12-13-17-16(18-14-19(17)25-24-18)10-7-4-5-8-11-20(22)23/h4,7,12-13,15-19,21H,2-3,5-6,8-11,14H2,1H3,(H,22,23)/b7-4?,13-12+/t15-,16+,17+,18-,19+/m0/s1. The summed E-state index contributed by atoms with van der Waals surface area (Å²) in [5.41, 5.74) is 0. The molecule has 0 radical (unpaired) electrons. The highest BCUT2D eigenvalue weighted by Crippen LogP contribution is 2.44. The van der Waals surface area contributed by atoms with Crippen LogP contribution in [0.1, 0.15) is 64.7 Å². The summed E-state index contributed by atoms with van der Waals surface area (Å²) in [7, 11) is 0. The Labute approximate surface area is 150 Å². The molecule has 1 aliphatic heterocycles. The van der Waals surface area contributed by atoms with E-state index in [1.807, 2.05) is 6.08 Å². The monoisotopic (exact) mass is 352 g/mol. The third kappa shape index (κ3) is 6.57. The number of aliphatic hydroxyl groups excluding tert-OH is 1. The maximum absolute atomic E-state index is 10.5. The number of fused-ring (bicyclic) bond motifs is 2. The first-order valence-electron chi connectivity index (χ1n) is 9.67. The van der Waals surface area contributed by atoms with Gasteiger partial charge in [-0.05, 0) is 25.7 Å². The summed E-state index contributed by atoms with van der Waals surface area (Å²) >= 11 is 0. The molecule has 1 heterocycles. The number of hydrogen-bond acceptors (Lipinski definition) is 4. The Kier molecular flexibility index (Phi) is 8.65. The van der Waals surface area contributed by atoms with Crippen LogP contribution in [-0.4, -0.2) is 34.5 Å². The molecule has 0 spiro atoms. The molecular formula is C20H32O5. The number of carbonyl (C=O) groups is 1. The van der Waals surface area contributed by atoms with Gasteiger partial charge in [-0.3, -0.25) is 4.79 Å². The molecule has 5 heteroatoms. The minimum absolute atomic E-state index is 0.0921. The minimum atomic E-state index is -0.741. The quantitative estimate of drug-likeness (QED) is 0.315. The van der Waals surface area contributed by atoms with E-state index in [0.717, 1.165) is 44.9 Å². The lowest BCUT2D eigenvalue weighted by molar-refractivity contribution is -0.336. The van der Waals surface area contributed by atoms with Gasteiger partial charge in [0.2, 0.25) is 0 Å². The first-order chi connectivity index (χ1) is 12.1. The second-order valence-corrected chi connectivity index (χ2v) is 7.19. The molecule has 25 heavy (non-hydrogen) atoms. The first kappa shape index (κ1) is 20.1. The Morgan fingerprint density at radius 1 is 1.20 bits per heavy atom. The van der Waals surface area contributed by atoms with Crippen LogP contribution in [0.3, 0.4) is 0 Å². The van der Waals surface area contributed by atoms with Crippen LogP contribution in [0, 0.1) is 11.8 Å². The highest BCUT2D eigenvalue weighted by Gasteiger charge is 2.49. The van der Waals surface area contributed by atoms with E-state index in [9.17, 15) is 9.90 Å². The van der Waals surface area contributed by atoms with Crippen LogP contribution >= 0.6 is 0 Å². The highest BCUT2D eigenvalue weighted by atomic mass is 17.2.